The zero-order valence-corrected chi connectivity index (χ0v) is 15.7. The van der Waals surface area contributed by atoms with Crippen molar-refractivity contribution >= 4 is 17.5 Å². The summed E-state index contributed by atoms with van der Waals surface area (Å²) >= 11 is 0. The Morgan fingerprint density at radius 1 is 0.967 bits per heavy atom. The Kier molecular flexibility index (Phi) is 7.78. The Morgan fingerprint density at radius 2 is 1.63 bits per heavy atom. The number of hydrogen-bond donors (Lipinski definition) is 3. The number of rotatable bonds is 2. The molecule has 0 atom stereocenters. The number of carboxylic acids is 2. The lowest BCUT2D eigenvalue weighted by molar-refractivity contribution is -0.192. The summed E-state index contributed by atoms with van der Waals surface area (Å²) in [5.41, 5.74) is 3.81. The van der Waals surface area contributed by atoms with E-state index in [0.717, 1.165) is 41.8 Å². The zero-order chi connectivity index (χ0) is 22.1. The first-order chi connectivity index (χ1) is 14.2. The van der Waals surface area contributed by atoms with Crippen molar-refractivity contribution in [3.8, 4) is 11.8 Å². The molecule has 0 aliphatic carbocycles. The molecule has 30 heavy (non-hydrogen) atoms. The number of carbonyl (C=O) groups is 2. The van der Waals surface area contributed by atoms with Crippen LogP contribution in [0.1, 0.15) is 33.5 Å². The highest BCUT2D eigenvalue weighted by molar-refractivity contribution is 5.95. The van der Waals surface area contributed by atoms with E-state index in [9.17, 15) is 23.1 Å². The molecule has 0 amide bonds. The first kappa shape index (κ1) is 22.7. The standard InChI is InChI=1S/C20H17NO2.C2HF3O2/c22-20(23)18-8-4-7-16(10-9-15-5-2-1-3-6-15)19(18)17-11-13-21-14-12-17;3-2(4,5)1(6)7/h1-8,11,21H,12-14H2,(H,22,23);(H,6,7). The fourth-order valence-electron chi connectivity index (χ4n) is 2.69. The molecule has 0 bridgehead atoms. The highest BCUT2D eigenvalue weighted by atomic mass is 19.4. The van der Waals surface area contributed by atoms with Crippen LogP contribution < -0.4 is 5.32 Å². The van der Waals surface area contributed by atoms with Gasteiger partial charge in [-0.05, 0) is 42.8 Å². The van der Waals surface area contributed by atoms with Gasteiger partial charge in [0.1, 0.15) is 0 Å². The van der Waals surface area contributed by atoms with Crippen molar-refractivity contribution in [1.82, 2.24) is 5.32 Å². The molecule has 5 nitrogen and oxygen atoms in total. The van der Waals surface area contributed by atoms with Gasteiger partial charge in [0.2, 0.25) is 0 Å². The maximum absolute atomic E-state index is 11.6. The molecule has 0 fully saturated rings. The second kappa shape index (κ2) is 10.3. The van der Waals surface area contributed by atoms with Crippen LogP contribution in [0, 0.1) is 11.8 Å². The molecule has 0 saturated carbocycles. The minimum Gasteiger partial charge on any atom is -0.478 e. The van der Waals surface area contributed by atoms with Crippen molar-refractivity contribution in [2.24, 2.45) is 0 Å². The second-order valence-electron chi connectivity index (χ2n) is 6.14. The first-order valence-corrected chi connectivity index (χ1v) is 8.83. The van der Waals surface area contributed by atoms with E-state index in [1.54, 1.807) is 12.1 Å². The van der Waals surface area contributed by atoms with E-state index in [1.807, 2.05) is 36.4 Å². The molecule has 0 aromatic heterocycles. The smallest absolute Gasteiger partial charge is 0.478 e. The molecule has 1 aliphatic heterocycles. The summed E-state index contributed by atoms with van der Waals surface area (Å²) in [6, 6.07) is 15.0. The predicted molar refractivity (Wildman–Crippen MR) is 105 cm³/mol. The summed E-state index contributed by atoms with van der Waals surface area (Å²) in [7, 11) is 0. The summed E-state index contributed by atoms with van der Waals surface area (Å²) in [6.07, 6.45) is -2.22. The first-order valence-electron chi connectivity index (χ1n) is 8.83. The molecule has 1 aliphatic rings. The number of alkyl halides is 3. The molecule has 156 valence electrons. The number of benzene rings is 2. The minimum atomic E-state index is -5.08. The number of carboxylic acid groups (broad SMARTS) is 2. The third-order valence-corrected chi connectivity index (χ3v) is 4.04. The van der Waals surface area contributed by atoms with E-state index >= 15 is 0 Å². The van der Waals surface area contributed by atoms with Gasteiger partial charge in [-0.15, -0.1) is 0 Å². The largest absolute Gasteiger partial charge is 0.490 e. The molecule has 2 aromatic rings. The van der Waals surface area contributed by atoms with E-state index in [4.69, 9.17) is 9.90 Å². The van der Waals surface area contributed by atoms with Gasteiger partial charge in [-0.2, -0.15) is 13.2 Å². The van der Waals surface area contributed by atoms with Crippen LogP contribution >= 0.6 is 0 Å². The lowest BCUT2D eigenvalue weighted by atomic mass is 9.91. The van der Waals surface area contributed by atoms with E-state index in [-0.39, 0.29) is 0 Å². The van der Waals surface area contributed by atoms with Gasteiger partial charge in [0.25, 0.3) is 0 Å². The SMILES string of the molecule is O=C(O)C(F)(F)F.O=C(O)c1cccc(C#Cc2ccccc2)c1C1=CCNCC1. The molecule has 0 unspecified atom stereocenters. The van der Waals surface area contributed by atoms with Gasteiger partial charge in [-0.25, -0.2) is 9.59 Å². The summed E-state index contributed by atoms with van der Waals surface area (Å²) < 4.78 is 31.7. The van der Waals surface area contributed by atoms with Crippen molar-refractivity contribution in [3.05, 3.63) is 76.9 Å². The van der Waals surface area contributed by atoms with Gasteiger partial charge in [-0.3, -0.25) is 0 Å². The summed E-state index contributed by atoms with van der Waals surface area (Å²) in [5, 5.41) is 19.9. The zero-order valence-electron chi connectivity index (χ0n) is 15.7. The van der Waals surface area contributed by atoms with Crippen molar-refractivity contribution in [3.63, 3.8) is 0 Å². The highest BCUT2D eigenvalue weighted by Gasteiger charge is 2.38. The molecule has 3 N–H and O–H groups in total. The molecule has 0 radical (unpaired) electrons. The van der Waals surface area contributed by atoms with E-state index in [0.29, 0.717) is 5.56 Å². The summed E-state index contributed by atoms with van der Waals surface area (Å²) in [5.74, 6) is 2.60. The van der Waals surface area contributed by atoms with Gasteiger partial charge in [0, 0.05) is 23.2 Å². The van der Waals surface area contributed by atoms with Crippen molar-refractivity contribution in [2.75, 3.05) is 13.1 Å². The van der Waals surface area contributed by atoms with Crippen LogP contribution in [0.2, 0.25) is 0 Å². The van der Waals surface area contributed by atoms with Crippen molar-refractivity contribution < 1.29 is 33.0 Å². The number of hydrogen-bond acceptors (Lipinski definition) is 3. The van der Waals surface area contributed by atoms with Crippen LogP contribution in [0.5, 0.6) is 0 Å². The second-order valence-corrected chi connectivity index (χ2v) is 6.14. The molecule has 0 saturated heterocycles. The molecule has 2 aromatic carbocycles. The minimum absolute atomic E-state index is 0.318. The lowest BCUT2D eigenvalue weighted by Gasteiger charge is -2.17. The lowest BCUT2D eigenvalue weighted by Crippen LogP contribution is -2.21. The van der Waals surface area contributed by atoms with Gasteiger partial charge in [-0.1, -0.05) is 42.2 Å². The van der Waals surface area contributed by atoms with E-state index < -0.39 is 18.1 Å². The van der Waals surface area contributed by atoms with Crippen LogP contribution in [0.15, 0.2) is 54.6 Å². The normalized spacial score (nSPS) is 13.1. The maximum Gasteiger partial charge on any atom is 0.490 e. The molecule has 1 heterocycles. The average molecular weight is 417 g/mol. The molecule has 3 rings (SSSR count). The fourth-order valence-corrected chi connectivity index (χ4v) is 2.69. The fraction of sp³-hybridized carbons (Fsp3) is 0.182. The highest BCUT2D eigenvalue weighted by Crippen LogP contribution is 2.27. The Labute approximate surface area is 170 Å². The number of aromatic carboxylic acids is 1. The number of halogens is 3. The summed E-state index contributed by atoms with van der Waals surface area (Å²) in [4.78, 5) is 20.5. The van der Waals surface area contributed by atoms with E-state index in [1.165, 1.54) is 0 Å². The maximum atomic E-state index is 11.6. The monoisotopic (exact) mass is 417 g/mol. The Hall–Kier alpha value is -3.57. The summed E-state index contributed by atoms with van der Waals surface area (Å²) in [6.45, 7) is 1.61. The van der Waals surface area contributed by atoms with Gasteiger partial charge in [0.15, 0.2) is 0 Å². The Bertz CT molecular complexity index is 1000. The third kappa shape index (κ3) is 6.50. The predicted octanol–water partition coefficient (Wildman–Crippen LogP) is 3.79. The molecular weight excluding hydrogens is 399 g/mol. The van der Waals surface area contributed by atoms with Crippen LogP contribution in [0.3, 0.4) is 0 Å². The van der Waals surface area contributed by atoms with Crippen LogP contribution in [0.25, 0.3) is 5.57 Å². The third-order valence-electron chi connectivity index (χ3n) is 4.04. The quantitative estimate of drug-likeness (QED) is 0.648. The van der Waals surface area contributed by atoms with Crippen molar-refractivity contribution in [2.45, 2.75) is 12.6 Å². The Morgan fingerprint density at radius 3 is 2.17 bits per heavy atom. The molecule has 0 spiro atoms. The Balaban J connectivity index is 0.000000396. The van der Waals surface area contributed by atoms with Gasteiger partial charge >= 0.3 is 18.1 Å². The molecular formula is C22H18F3NO4. The topological polar surface area (TPSA) is 86.6 Å². The average Bonchev–Trinajstić information content (AvgIpc) is 2.73. The number of nitrogens with one attached hydrogen (secondary N) is 1. The van der Waals surface area contributed by atoms with Gasteiger partial charge in [0.05, 0.1) is 5.56 Å². The number of aliphatic carboxylic acids is 1. The van der Waals surface area contributed by atoms with E-state index in [2.05, 4.69) is 23.2 Å². The van der Waals surface area contributed by atoms with Gasteiger partial charge < -0.3 is 15.5 Å². The molecule has 8 heteroatoms. The van der Waals surface area contributed by atoms with Crippen LogP contribution in [0.4, 0.5) is 13.2 Å². The van der Waals surface area contributed by atoms with Crippen LogP contribution in [-0.4, -0.2) is 41.4 Å². The van der Waals surface area contributed by atoms with Crippen LogP contribution in [-0.2, 0) is 4.79 Å². The van der Waals surface area contributed by atoms with Crippen molar-refractivity contribution in [1.29, 1.82) is 0 Å².